The lowest BCUT2D eigenvalue weighted by molar-refractivity contribution is -0.305. The van der Waals surface area contributed by atoms with Gasteiger partial charge in [-0.05, 0) is 30.7 Å². The number of benzene rings is 1. The van der Waals surface area contributed by atoms with Gasteiger partial charge in [0.15, 0.2) is 0 Å². The Bertz CT molecular complexity index is 434. The molecule has 6 nitrogen and oxygen atoms in total. The summed E-state index contributed by atoms with van der Waals surface area (Å²) in [6, 6.07) is 5.20. The lowest BCUT2D eigenvalue weighted by Crippen LogP contribution is -2.23. The summed E-state index contributed by atoms with van der Waals surface area (Å²) >= 11 is 0. The number of carboxylic acids is 2. The van der Waals surface area contributed by atoms with Crippen LogP contribution in [0.5, 0.6) is 5.75 Å². The highest BCUT2D eigenvalue weighted by atomic mass is 16.5. The third kappa shape index (κ3) is 4.33. The van der Waals surface area contributed by atoms with Crippen molar-refractivity contribution in [3.05, 3.63) is 29.8 Å². The summed E-state index contributed by atoms with van der Waals surface area (Å²) in [6.07, 6.45) is -0.699. The van der Waals surface area contributed by atoms with Crippen LogP contribution in [0.1, 0.15) is 23.2 Å². The molecule has 0 radical (unpaired) electrons. The minimum absolute atomic E-state index is 0.0690. The molecule has 0 aliphatic carbocycles. The smallest absolute Gasteiger partial charge is 0.335 e. The maximum atomic E-state index is 11.1. The van der Waals surface area contributed by atoms with Crippen molar-refractivity contribution in [2.75, 3.05) is 0 Å². The van der Waals surface area contributed by atoms with Gasteiger partial charge in [0.1, 0.15) is 5.75 Å². The minimum Gasteiger partial charge on any atom is -0.550 e. The van der Waals surface area contributed by atoms with Crippen LogP contribution in [0.15, 0.2) is 24.3 Å². The minimum atomic E-state index is -1.33. The predicted octanol–water partition coefficient (Wildman–Crippen LogP) is -0.180. The lowest BCUT2D eigenvalue weighted by atomic mass is 10.2. The number of carbonyl (C=O) groups excluding carboxylic acids is 2. The zero-order valence-electron chi connectivity index (χ0n) is 8.71. The van der Waals surface area contributed by atoms with Crippen LogP contribution in [-0.4, -0.2) is 23.0 Å². The average molecular weight is 237 g/mol. The van der Waals surface area contributed by atoms with Crippen molar-refractivity contribution in [3.8, 4) is 5.75 Å². The first-order valence-corrected chi connectivity index (χ1v) is 4.73. The molecule has 0 aliphatic rings. The average Bonchev–Trinajstić information content (AvgIpc) is 2.27. The van der Waals surface area contributed by atoms with E-state index in [-0.39, 0.29) is 17.7 Å². The number of carbonyl (C=O) groups is 3. The number of rotatable bonds is 5. The Labute approximate surface area is 96.4 Å². The molecule has 0 atom stereocenters. The Kier molecular flexibility index (Phi) is 4.21. The summed E-state index contributed by atoms with van der Waals surface area (Å²) in [4.78, 5) is 31.7. The van der Waals surface area contributed by atoms with Crippen LogP contribution in [-0.2, 0) is 9.59 Å². The molecule has 0 saturated carbocycles. The zero-order valence-corrected chi connectivity index (χ0v) is 8.71. The highest BCUT2D eigenvalue weighted by Gasteiger charge is 2.06. The molecule has 1 rings (SSSR count). The van der Waals surface area contributed by atoms with Gasteiger partial charge in [-0.2, -0.15) is 0 Å². The first-order chi connectivity index (χ1) is 7.99. The summed E-state index contributed by atoms with van der Waals surface area (Å²) < 4.78 is 4.78. The number of aromatic carboxylic acids is 1. The summed E-state index contributed by atoms with van der Waals surface area (Å²) in [6.45, 7) is 0. The second-order valence-electron chi connectivity index (χ2n) is 3.18. The Balaban J connectivity index is 2.54. The van der Waals surface area contributed by atoms with Crippen molar-refractivity contribution in [3.63, 3.8) is 0 Å². The quantitative estimate of drug-likeness (QED) is 0.562. The molecule has 1 N–H and O–H groups in total. The third-order valence-electron chi connectivity index (χ3n) is 1.87. The summed E-state index contributed by atoms with van der Waals surface area (Å²) in [5, 5.41) is 18.7. The molecule has 0 saturated heterocycles. The van der Waals surface area contributed by atoms with Crippen molar-refractivity contribution in [2.45, 2.75) is 12.8 Å². The van der Waals surface area contributed by atoms with Crippen molar-refractivity contribution in [1.82, 2.24) is 0 Å². The maximum Gasteiger partial charge on any atom is 0.335 e. The largest absolute Gasteiger partial charge is 0.550 e. The molecule has 6 heteroatoms. The summed E-state index contributed by atoms with van der Waals surface area (Å²) in [5.41, 5.74) is 0.0690. The molecule has 1 aromatic rings. The van der Waals surface area contributed by atoms with Gasteiger partial charge in [-0.1, -0.05) is 0 Å². The van der Waals surface area contributed by atoms with Gasteiger partial charge in [-0.25, -0.2) is 4.79 Å². The fraction of sp³-hybridized carbons (Fsp3) is 0.182. The van der Waals surface area contributed by atoms with E-state index in [2.05, 4.69) is 0 Å². The summed E-state index contributed by atoms with van der Waals surface area (Å²) in [7, 11) is 0. The number of esters is 1. The van der Waals surface area contributed by atoms with E-state index in [0.717, 1.165) is 0 Å². The van der Waals surface area contributed by atoms with Gasteiger partial charge < -0.3 is 19.7 Å². The van der Waals surface area contributed by atoms with Crippen LogP contribution < -0.4 is 9.84 Å². The second-order valence-corrected chi connectivity index (χ2v) is 3.18. The van der Waals surface area contributed by atoms with E-state index in [0.29, 0.717) is 0 Å². The van der Waals surface area contributed by atoms with E-state index in [1.807, 2.05) is 0 Å². The van der Waals surface area contributed by atoms with Gasteiger partial charge in [0, 0.05) is 5.97 Å². The van der Waals surface area contributed by atoms with E-state index >= 15 is 0 Å². The van der Waals surface area contributed by atoms with Gasteiger partial charge in [0.05, 0.1) is 12.0 Å². The van der Waals surface area contributed by atoms with Crippen LogP contribution in [0.25, 0.3) is 0 Å². The molecule has 90 valence electrons. The molecule has 1 aromatic carbocycles. The molecular formula is C11H9O6-. The van der Waals surface area contributed by atoms with Crippen LogP contribution in [0.2, 0.25) is 0 Å². The first kappa shape index (κ1) is 12.7. The number of hydrogen-bond donors (Lipinski definition) is 1. The van der Waals surface area contributed by atoms with Gasteiger partial charge >= 0.3 is 11.9 Å². The zero-order chi connectivity index (χ0) is 12.8. The molecule has 0 fully saturated rings. The molecule has 0 bridgehead atoms. The Morgan fingerprint density at radius 1 is 1.12 bits per heavy atom. The Morgan fingerprint density at radius 3 is 2.18 bits per heavy atom. The SMILES string of the molecule is O=C([O-])CCC(=O)Oc1ccc(C(=O)O)cc1. The van der Waals surface area contributed by atoms with E-state index in [9.17, 15) is 19.5 Å². The van der Waals surface area contributed by atoms with E-state index in [4.69, 9.17) is 9.84 Å². The van der Waals surface area contributed by atoms with Crippen molar-refractivity contribution in [1.29, 1.82) is 0 Å². The fourth-order valence-electron chi connectivity index (χ4n) is 1.05. The molecule has 0 amide bonds. The first-order valence-electron chi connectivity index (χ1n) is 4.73. The molecule has 0 heterocycles. The van der Waals surface area contributed by atoms with Crippen LogP contribution >= 0.6 is 0 Å². The van der Waals surface area contributed by atoms with E-state index < -0.39 is 24.3 Å². The summed E-state index contributed by atoms with van der Waals surface area (Å²) in [5.74, 6) is -2.96. The maximum absolute atomic E-state index is 11.1. The second kappa shape index (κ2) is 5.64. The van der Waals surface area contributed by atoms with Gasteiger partial charge in [0.2, 0.25) is 0 Å². The molecule has 0 spiro atoms. The van der Waals surface area contributed by atoms with Crippen LogP contribution in [0.3, 0.4) is 0 Å². The molecular weight excluding hydrogens is 228 g/mol. The van der Waals surface area contributed by atoms with Gasteiger partial charge in [-0.15, -0.1) is 0 Å². The standard InChI is InChI=1S/C11H10O6/c12-9(13)5-6-10(14)17-8-3-1-7(2-4-8)11(15)16/h1-4H,5-6H2,(H,12,13)(H,15,16)/p-1. The Hall–Kier alpha value is -2.37. The van der Waals surface area contributed by atoms with Gasteiger partial charge in [-0.3, -0.25) is 4.79 Å². The van der Waals surface area contributed by atoms with Crippen molar-refractivity contribution >= 4 is 17.9 Å². The van der Waals surface area contributed by atoms with Gasteiger partial charge in [0.25, 0.3) is 0 Å². The number of carboxylic acid groups (broad SMARTS) is 2. The number of ether oxygens (including phenoxy) is 1. The highest BCUT2D eigenvalue weighted by Crippen LogP contribution is 2.13. The Morgan fingerprint density at radius 2 is 1.71 bits per heavy atom. The number of hydrogen-bond acceptors (Lipinski definition) is 5. The predicted molar refractivity (Wildman–Crippen MR) is 53.3 cm³/mol. The molecule has 0 aliphatic heterocycles. The highest BCUT2D eigenvalue weighted by molar-refractivity contribution is 5.87. The van der Waals surface area contributed by atoms with E-state index in [1.54, 1.807) is 0 Å². The molecule has 0 aromatic heterocycles. The fourth-order valence-corrected chi connectivity index (χ4v) is 1.05. The lowest BCUT2D eigenvalue weighted by Gasteiger charge is -2.04. The van der Waals surface area contributed by atoms with Crippen LogP contribution in [0, 0.1) is 0 Å². The normalized spacial score (nSPS) is 9.65. The third-order valence-corrected chi connectivity index (χ3v) is 1.87. The van der Waals surface area contributed by atoms with E-state index in [1.165, 1.54) is 24.3 Å². The molecule has 17 heavy (non-hydrogen) atoms. The monoisotopic (exact) mass is 237 g/mol. The number of aliphatic carboxylic acids is 1. The topological polar surface area (TPSA) is 104 Å². The van der Waals surface area contributed by atoms with Crippen LogP contribution in [0.4, 0.5) is 0 Å². The van der Waals surface area contributed by atoms with Crippen molar-refractivity contribution in [2.24, 2.45) is 0 Å². The molecule has 0 unspecified atom stereocenters. The van der Waals surface area contributed by atoms with Crippen molar-refractivity contribution < 1.29 is 29.3 Å².